The van der Waals surface area contributed by atoms with Gasteiger partial charge in [0.1, 0.15) is 0 Å². The van der Waals surface area contributed by atoms with Crippen molar-refractivity contribution in [1.82, 2.24) is 4.72 Å². The first-order valence-corrected chi connectivity index (χ1v) is 7.56. The van der Waals surface area contributed by atoms with E-state index in [0.29, 0.717) is 0 Å². The van der Waals surface area contributed by atoms with Crippen LogP contribution in [0.25, 0.3) is 0 Å². The number of carboxylic acids is 1. The van der Waals surface area contributed by atoms with Crippen LogP contribution >= 0.6 is 0 Å². The highest BCUT2D eigenvalue weighted by Crippen LogP contribution is 2.20. The summed E-state index contributed by atoms with van der Waals surface area (Å²) in [5.74, 6) is -1.09. The number of carbonyl (C=O) groups is 1. The molecule has 1 aromatic rings. The Morgan fingerprint density at radius 2 is 1.85 bits per heavy atom. The molecular formula is C13H19NO5S. The molecule has 6 nitrogen and oxygen atoms in total. The van der Waals surface area contributed by atoms with E-state index in [4.69, 9.17) is 5.11 Å². The van der Waals surface area contributed by atoms with Crippen molar-refractivity contribution in [3.05, 3.63) is 29.8 Å². The van der Waals surface area contributed by atoms with Crippen molar-refractivity contribution >= 4 is 16.0 Å². The summed E-state index contributed by atoms with van der Waals surface area (Å²) in [6, 6.07) is 6.31. The van der Waals surface area contributed by atoms with Crippen LogP contribution in [0.5, 0.6) is 0 Å². The van der Waals surface area contributed by atoms with Gasteiger partial charge in [0.05, 0.1) is 17.9 Å². The molecule has 0 saturated carbocycles. The second-order valence-corrected chi connectivity index (χ2v) is 6.94. The van der Waals surface area contributed by atoms with Crippen LogP contribution in [0.1, 0.15) is 18.9 Å². The number of benzene rings is 1. The van der Waals surface area contributed by atoms with Crippen LogP contribution in [-0.2, 0) is 14.8 Å². The molecule has 0 saturated heterocycles. The monoisotopic (exact) mass is 301 g/mol. The van der Waals surface area contributed by atoms with Gasteiger partial charge in [-0.15, -0.1) is 0 Å². The summed E-state index contributed by atoms with van der Waals surface area (Å²) in [5, 5.41) is 18.0. The Kier molecular flexibility index (Phi) is 5.27. The van der Waals surface area contributed by atoms with Crippen LogP contribution in [0.3, 0.4) is 0 Å². The largest absolute Gasteiger partial charge is 0.481 e. The molecule has 0 radical (unpaired) electrons. The molecule has 1 unspecified atom stereocenters. The van der Waals surface area contributed by atoms with Crippen molar-refractivity contribution < 1.29 is 23.4 Å². The van der Waals surface area contributed by atoms with Gasteiger partial charge >= 0.3 is 5.97 Å². The van der Waals surface area contributed by atoms with Crippen LogP contribution in [-0.4, -0.2) is 37.8 Å². The van der Waals surface area contributed by atoms with Crippen molar-refractivity contribution in [2.45, 2.75) is 25.2 Å². The highest BCUT2D eigenvalue weighted by molar-refractivity contribution is 7.89. The maximum Gasteiger partial charge on any atom is 0.304 e. The third kappa shape index (κ3) is 4.59. The van der Waals surface area contributed by atoms with Gasteiger partial charge in [-0.05, 0) is 19.1 Å². The van der Waals surface area contributed by atoms with Gasteiger partial charge < -0.3 is 10.2 Å². The van der Waals surface area contributed by atoms with E-state index in [1.165, 1.54) is 19.1 Å². The summed E-state index contributed by atoms with van der Waals surface area (Å²) in [6.45, 7) is 2.79. The quantitative estimate of drug-likeness (QED) is 0.689. The van der Waals surface area contributed by atoms with Crippen molar-refractivity contribution in [1.29, 1.82) is 0 Å². The minimum atomic E-state index is -3.71. The zero-order valence-electron chi connectivity index (χ0n) is 11.5. The fourth-order valence-corrected chi connectivity index (χ4v) is 2.81. The van der Waals surface area contributed by atoms with Gasteiger partial charge in [0.2, 0.25) is 10.0 Å². The average Bonchev–Trinajstić information content (AvgIpc) is 2.36. The number of aliphatic carboxylic acids is 1. The third-order valence-electron chi connectivity index (χ3n) is 2.98. The number of nitrogens with one attached hydrogen (secondary N) is 1. The molecule has 0 aliphatic carbocycles. The van der Waals surface area contributed by atoms with E-state index in [2.05, 4.69) is 4.72 Å². The molecule has 0 bridgehead atoms. The number of hydrogen-bond donors (Lipinski definition) is 3. The SMILES string of the molecule is Cc1ccc(S(=O)(=O)NCC(C)(CO)CC(=O)O)cc1. The predicted molar refractivity (Wildman–Crippen MR) is 73.8 cm³/mol. The molecule has 0 fully saturated rings. The smallest absolute Gasteiger partial charge is 0.304 e. The Labute approximate surface area is 118 Å². The second kappa shape index (κ2) is 6.34. The number of hydrogen-bond acceptors (Lipinski definition) is 4. The zero-order chi connectivity index (χ0) is 15.4. The molecule has 0 spiro atoms. The molecule has 0 aliphatic heterocycles. The molecule has 7 heteroatoms. The van der Waals surface area contributed by atoms with Gasteiger partial charge in [-0.2, -0.15) is 0 Å². The average molecular weight is 301 g/mol. The summed E-state index contributed by atoms with van der Waals surface area (Å²) in [7, 11) is -3.71. The Morgan fingerprint density at radius 3 is 2.30 bits per heavy atom. The van der Waals surface area contributed by atoms with Crippen LogP contribution in [0.4, 0.5) is 0 Å². The molecule has 0 heterocycles. The molecule has 0 aliphatic rings. The fraction of sp³-hybridized carbons (Fsp3) is 0.462. The molecule has 0 aromatic heterocycles. The maximum atomic E-state index is 12.1. The van der Waals surface area contributed by atoms with Crippen LogP contribution < -0.4 is 4.72 Å². The Balaban J connectivity index is 2.81. The van der Waals surface area contributed by atoms with Crippen LogP contribution in [0.15, 0.2) is 29.2 Å². The Hall–Kier alpha value is -1.44. The summed E-state index contributed by atoms with van der Waals surface area (Å²) < 4.78 is 26.4. The van der Waals surface area contributed by atoms with Crippen molar-refractivity contribution in [3.8, 4) is 0 Å². The first kappa shape index (κ1) is 16.6. The molecule has 0 amide bonds. The lowest BCUT2D eigenvalue weighted by Crippen LogP contribution is -2.39. The number of aliphatic hydroxyl groups excluding tert-OH is 1. The number of carboxylic acid groups (broad SMARTS) is 1. The van der Waals surface area contributed by atoms with E-state index < -0.39 is 28.0 Å². The first-order chi connectivity index (χ1) is 9.18. The van der Waals surface area contributed by atoms with Gasteiger partial charge in [-0.1, -0.05) is 24.6 Å². The highest BCUT2D eigenvalue weighted by atomic mass is 32.2. The third-order valence-corrected chi connectivity index (χ3v) is 4.40. The van der Waals surface area contributed by atoms with Crippen LogP contribution in [0.2, 0.25) is 0 Å². The molecule has 20 heavy (non-hydrogen) atoms. The number of aliphatic hydroxyl groups is 1. The number of rotatable bonds is 7. The lowest BCUT2D eigenvalue weighted by molar-refractivity contribution is -0.140. The number of aryl methyl sites for hydroxylation is 1. The van der Waals surface area contributed by atoms with Crippen molar-refractivity contribution in [2.75, 3.05) is 13.2 Å². The molecule has 1 rings (SSSR count). The lowest BCUT2D eigenvalue weighted by atomic mass is 9.88. The van der Waals surface area contributed by atoms with Crippen LogP contribution in [0, 0.1) is 12.3 Å². The lowest BCUT2D eigenvalue weighted by Gasteiger charge is -2.25. The van der Waals surface area contributed by atoms with Crippen molar-refractivity contribution in [3.63, 3.8) is 0 Å². The van der Waals surface area contributed by atoms with Gasteiger partial charge in [-0.25, -0.2) is 13.1 Å². The summed E-state index contributed by atoms with van der Waals surface area (Å²) in [5.41, 5.74) is -0.0983. The van der Waals surface area contributed by atoms with Gasteiger partial charge in [-0.3, -0.25) is 4.79 Å². The summed E-state index contributed by atoms with van der Waals surface area (Å²) >= 11 is 0. The molecule has 1 atom stereocenters. The van der Waals surface area contributed by atoms with Gasteiger partial charge in [0, 0.05) is 12.0 Å². The molecular weight excluding hydrogens is 282 g/mol. The van der Waals surface area contributed by atoms with E-state index in [-0.39, 0.29) is 17.9 Å². The molecule has 112 valence electrons. The van der Waals surface area contributed by atoms with E-state index in [1.54, 1.807) is 12.1 Å². The topological polar surface area (TPSA) is 104 Å². The minimum Gasteiger partial charge on any atom is -0.481 e. The normalized spacial score (nSPS) is 14.8. The maximum absolute atomic E-state index is 12.1. The number of sulfonamides is 1. The molecule has 1 aromatic carbocycles. The summed E-state index contributed by atoms with van der Waals surface area (Å²) in [4.78, 5) is 10.8. The minimum absolute atomic E-state index is 0.110. The van der Waals surface area contributed by atoms with E-state index >= 15 is 0 Å². The Morgan fingerprint density at radius 1 is 1.30 bits per heavy atom. The summed E-state index contributed by atoms with van der Waals surface area (Å²) in [6.07, 6.45) is -0.320. The van der Waals surface area contributed by atoms with Gasteiger partial charge in [0.15, 0.2) is 0 Å². The standard InChI is InChI=1S/C13H19NO5S/c1-10-3-5-11(6-4-10)20(18,19)14-8-13(2,9-15)7-12(16)17/h3-6,14-15H,7-9H2,1-2H3,(H,16,17). The first-order valence-electron chi connectivity index (χ1n) is 6.07. The van der Waals surface area contributed by atoms with Gasteiger partial charge in [0.25, 0.3) is 0 Å². The predicted octanol–water partition coefficient (Wildman–Crippen LogP) is 0.747. The van der Waals surface area contributed by atoms with E-state index in [1.807, 2.05) is 6.92 Å². The fourth-order valence-electron chi connectivity index (χ4n) is 1.61. The second-order valence-electron chi connectivity index (χ2n) is 5.18. The Bertz CT molecular complexity index is 567. The zero-order valence-corrected chi connectivity index (χ0v) is 12.3. The highest BCUT2D eigenvalue weighted by Gasteiger charge is 2.29. The van der Waals surface area contributed by atoms with E-state index in [9.17, 15) is 18.3 Å². The van der Waals surface area contributed by atoms with E-state index in [0.717, 1.165) is 5.56 Å². The molecule has 3 N–H and O–H groups in total. The van der Waals surface area contributed by atoms with Crippen molar-refractivity contribution in [2.24, 2.45) is 5.41 Å².